The van der Waals surface area contributed by atoms with Crippen LogP contribution in [0.15, 0.2) is 42.5 Å². The van der Waals surface area contributed by atoms with E-state index in [1.165, 1.54) is 0 Å². The van der Waals surface area contributed by atoms with Crippen molar-refractivity contribution in [1.82, 2.24) is 5.32 Å². The first kappa shape index (κ1) is 16.3. The molecule has 3 N–H and O–H groups in total. The van der Waals surface area contributed by atoms with Gasteiger partial charge in [-0.1, -0.05) is 18.2 Å². The van der Waals surface area contributed by atoms with Gasteiger partial charge in [-0.05, 0) is 36.8 Å². The number of anilines is 2. The van der Waals surface area contributed by atoms with Crippen LogP contribution in [0.25, 0.3) is 0 Å². The maximum atomic E-state index is 12.1. The van der Waals surface area contributed by atoms with Crippen LogP contribution in [-0.2, 0) is 11.2 Å². The lowest BCUT2D eigenvalue weighted by Crippen LogP contribution is -2.37. The van der Waals surface area contributed by atoms with Crippen molar-refractivity contribution >= 4 is 23.3 Å². The van der Waals surface area contributed by atoms with E-state index in [-0.39, 0.29) is 18.0 Å². The molecule has 2 aliphatic rings. The molecule has 4 rings (SSSR count). The van der Waals surface area contributed by atoms with Crippen molar-refractivity contribution in [3.05, 3.63) is 48.0 Å². The van der Waals surface area contributed by atoms with Crippen molar-refractivity contribution in [2.45, 2.75) is 25.6 Å². The van der Waals surface area contributed by atoms with Gasteiger partial charge in [0, 0.05) is 12.1 Å². The zero-order chi connectivity index (χ0) is 18.1. The molecule has 134 valence electrons. The lowest BCUT2D eigenvalue weighted by atomic mass is 10.1. The summed E-state index contributed by atoms with van der Waals surface area (Å²) in [5, 5.41) is 8.32. The number of carbonyl (C=O) groups is 2. The molecule has 3 amide bonds. The Bertz CT molecular complexity index is 843. The molecule has 0 radical (unpaired) electrons. The summed E-state index contributed by atoms with van der Waals surface area (Å²) in [5.41, 5.74) is 2.26. The van der Waals surface area contributed by atoms with Crippen LogP contribution in [0.3, 0.4) is 0 Å². The summed E-state index contributed by atoms with van der Waals surface area (Å²) in [6.07, 6.45) is 0.174. The molecular formula is C19H19N3O4. The molecular weight excluding hydrogens is 334 g/mol. The van der Waals surface area contributed by atoms with Crippen molar-refractivity contribution in [1.29, 1.82) is 0 Å². The highest BCUT2D eigenvalue weighted by Gasteiger charge is 2.24. The smallest absolute Gasteiger partial charge is 0.319 e. The van der Waals surface area contributed by atoms with E-state index in [1.807, 2.05) is 24.3 Å². The van der Waals surface area contributed by atoms with E-state index in [4.69, 9.17) is 9.47 Å². The van der Waals surface area contributed by atoms with Crippen LogP contribution in [0.5, 0.6) is 11.5 Å². The Kier molecular flexibility index (Phi) is 4.12. The minimum absolute atomic E-state index is 0.0733. The number of urea groups is 1. The largest absolute Gasteiger partial charge is 0.488 e. The highest BCUT2D eigenvalue weighted by Crippen LogP contribution is 2.32. The van der Waals surface area contributed by atoms with Crippen LogP contribution in [0.1, 0.15) is 12.5 Å². The number of fused-ring (bicyclic) bond motifs is 2. The van der Waals surface area contributed by atoms with Crippen LogP contribution in [0.4, 0.5) is 16.2 Å². The monoisotopic (exact) mass is 353 g/mol. The third-order valence-corrected chi connectivity index (χ3v) is 4.37. The number of para-hydroxylation sites is 1. The molecule has 7 nitrogen and oxygen atoms in total. The maximum absolute atomic E-state index is 12.1. The average Bonchev–Trinajstić information content (AvgIpc) is 3.04. The molecule has 0 fully saturated rings. The number of hydrogen-bond acceptors (Lipinski definition) is 4. The average molecular weight is 353 g/mol. The normalized spacial score (nSPS) is 20.1. The molecule has 0 bridgehead atoms. The summed E-state index contributed by atoms with van der Waals surface area (Å²) < 4.78 is 11.3. The number of rotatable bonds is 3. The molecule has 7 heteroatoms. The van der Waals surface area contributed by atoms with Crippen LogP contribution in [0.2, 0.25) is 0 Å². The summed E-state index contributed by atoms with van der Waals surface area (Å²) >= 11 is 0. The lowest BCUT2D eigenvalue weighted by molar-refractivity contribution is -0.122. The first-order chi connectivity index (χ1) is 12.6. The number of carbonyl (C=O) groups excluding carboxylic acids is 2. The third-order valence-electron chi connectivity index (χ3n) is 4.37. The van der Waals surface area contributed by atoms with Crippen LogP contribution in [-0.4, -0.2) is 30.7 Å². The van der Waals surface area contributed by atoms with Crippen molar-refractivity contribution < 1.29 is 19.1 Å². The van der Waals surface area contributed by atoms with E-state index >= 15 is 0 Å². The highest BCUT2D eigenvalue weighted by atomic mass is 16.5. The van der Waals surface area contributed by atoms with Crippen molar-refractivity contribution in [3.8, 4) is 11.5 Å². The minimum Gasteiger partial charge on any atom is -0.488 e. The van der Waals surface area contributed by atoms with E-state index in [9.17, 15) is 9.59 Å². The first-order valence-electron chi connectivity index (χ1n) is 8.49. The predicted octanol–water partition coefficient (Wildman–Crippen LogP) is 2.53. The SMILES string of the molecule is C[C@H]1Oc2ccc(NC(=O)NC[C@@H]3Cc4ccccc4O3)cc2NC1=O. The van der Waals surface area contributed by atoms with Crippen molar-refractivity contribution in [3.63, 3.8) is 0 Å². The molecule has 0 saturated carbocycles. The maximum Gasteiger partial charge on any atom is 0.319 e. The van der Waals surface area contributed by atoms with Crippen LogP contribution >= 0.6 is 0 Å². The molecule has 2 atom stereocenters. The summed E-state index contributed by atoms with van der Waals surface area (Å²) in [6, 6.07) is 12.6. The Balaban J connectivity index is 1.32. The predicted molar refractivity (Wildman–Crippen MR) is 96.7 cm³/mol. The molecule has 0 aromatic heterocycles. The topological polar surface area (TPSA) is 88.7 Å². The van der Waals surface area contributed by atoms with E-state index in [2.05, 4.69) is 16.0 Å². The Morgan fingerprint density at radius 1 is 1.19 bits per heavy atom. The first-order valence-corrected chi connectivity index (χ1v) is 8.49. The Hall–Kier alpha value is -3.22. The van der Waals surface area contributed by atoms with Gasteiger partial charge in [-0.25, -0.2) is 4.79 Å². The van der Waals surface area contributed by atoms with Crippen LogP contribution < -0.4 is 25.4 Å². The Morgan fingerprint density at radius 2 is 2.04 bits per heavy atom. The van der Waals surface area contributed by atoms with Gasteiger partial charge in [0.15, 0.2) is 6.10 Å². The van der Waals surface area contributed by atoms with Gasteiger partial charge in [0.05, 0.1) is 12.2 Å². The molecule has 0 aliphatic carbocycles. The second-order valence-electron chi connectivity index (χ2n) is 6.35. The van der Waals surface area contributed by atoms with Crippen molar-refractivity contribution in [2.75, 3.05) is 17.2 Å². The number of benzene rings is 2. The quantitative estimate of drug-likeness (QED) is 0.791. The van der Waals surface area contributed by atoms with Gasteiger partial charge in [-0.15, -0.1) is 0 Å². The van der Waals surface area contributed by atoms with Gasteiger partial charge in [-0.2, -0.15) is 0 Å². The number of nitrogens with one attached hydrogen (secondary N) is 3. The van der Waals surface area contributed by atoms with Gasteiger partial charge < -0.3 is 25.4 Å². The van der Waals surface area contributed by atoms with Gasteiger partial charge in [-0.3, -0.25) is 4.79 Å². The summed E-state index contributed by atoms with van der Waals surface area (Å²) in [6.45, 7) is 2.09. The second kappa shape index (κ2) is 6.59. The standard InChI is InChI=1S/C19H19N3O4/c1-11-18(23)22-15-9-13(6-7-17(15)25-11)21-19(24)20-10-14-8-12-4-2-3-5-16(12)26-14/h2-7,9,11,14H,8,10H2,1H3,(H,22,23)(H2,20,21,24)/t11-,14+/m1/s1. The zero-order valence-electron chi connectivity index (χ0n) is 14.2. The molecule has 2 aromatic carbocycles. The molecule has 26 heavy (non-hydrogen) atoms. The summed E-state index contributed by atoms with van der Waals surface area (Å²) in [4.78, 5) is 23.8. The van der Waals surface area contributed by atoms with E-state index in [1.54, 1.807) is 25.1 Å². The van der Waals surface area contributed by atoms with E-state index in [0.29, 0.717) is 23.7 Å². The van der Waals surface area contributed by atoms with E-state index < -0.39 is 6.10 Å². The zero-order valence-corrected chi connectivity index (χ0v) is 14.2. The molecule has 2 heterocycles. The minimum atomic E-state index is -0.528. The van der Waals surface area contributed by atoms with Gasteiger partial charge in [0.2, 0.25) is 0 Å². The number of hydrogen-bond donors (Lipinski definition) is 3. The highest BCUT2D eigenvalue weighted by molar-refractivity contribution is 5.99. The fraction of sp³-hybridized carbons (Fsp3) is 0.263. The Morgan fingerprint density at radius 3 is 2.88 bits per heavy atom. The molecule has 0 spiro atoms. The number of ether oxygens (including phenoxy) is 2. The van der Waals surface area contributed by atoms with Crippen molar-refractivity contribution in [2.24, 2.45) is 0 Å². The second-order valence-corrected chi connectivity index (χ2v) is 6.35. The van der Waals surface area contributed by atoms with Crippen LogP contribution in [0, 0.1) is 0 Å². The summed E-state index contributed by atoms with van der Waals surface area (Å²) in [5.74, 6) is 1.25. The lowest BCUT2D eigenvalue weighted by Gasteiger charge is -2.23. The van der Waals surface area contributed by atoms with Gasteiger partial charge in [0.25, 0.3) is 5.91 Å². The van der Waals surface area contributed by atoms with E-state index in [0.717, 1.165) is 17.7 Å². The number of amides is 3. The molecule has 0 saturated heterocycles. The molecule has 0 unspecified atom stereocenters. The van der Waals surface area contributed by atoms with Gasteiger partial charge in [0.1, 0.15) is 17.6 Å². The molecule has 2 aromatic rings. The van der Waals surface area contributed by atoms with Gasteiger partial charge >= 0.3 is 6.03 Å². The fourth-order valence-electron chi connectivity index (χ4n) is 3.04. The fourth-order valence-corrected chi connectivity index (χ4v) is 3.04. The Labute approximate surface area is 150 Å². The summed E-state index contributed by atoms with van der Waals surface area (Å²) in [7, 11) is 0. The molecule has 2 aliphatic heterocycles. The third kappa shape index (κ3) is 3.28.